The molecular weight excluding hydrogens is 321 g/mol. The number of aromatic nitrogens is 1. The predicted octanol–water partition coefficient (Wildman–Crippen LogP) is 1.92. The van der Waals surface area contributed by atoms with Gasteiger partial charge in [0.25, 0.3) is 5.88 Å². The first-order valence-corrected chi connectivity index (χ1v) is 8.98. The van der Waals surface area contributed by atoms with Gasteiger partial charge in [-0.25, -0.2) is 4.57 Å². The SMILES string of the molecule is Cc1cc(OP(=O)(OCC[N+](C)(C)C)OCC[N+](C)(C)C)no1. The Hall–Kier alpha value is -0.920. The van der Waals surface area contributed by atoms with Gasteiger partial charge in [-0.15, -0.1) is 0 Å². The molecule has 0 saturated carbocycles. The standard InChI is InChI=1S/C14H30N3O5P/c1-13-12-14(15-21-13)22-23(18,19-10-8-16(2,3)4)20-11-9-17(5,6)7/h12H,8-11H2,1-7H3/q+2. The van der Waals surface area contributed by atoms with Gasteiger partial charge in [0.05, 0.1) is 42.3 Å². The number of hydrogen-bond acceptors (Lipinski definition) is 6. The van der Waals surface area contributed by atoms with Crippen molar-refractivity contribution in [3.63, 3.8) is 0 Å². The predicted molar refractivity (Wildman–Crippen MR) is 87.2 cm³/mol. The second kappa shape index (κ2) is 7.77. The average molecular weight is 351 g/mol. The molecule has 0 saturated heterocycles. The van der Waals surface area contributed by atoms with Gasteiger partial charge in [0, 0.05) is 6.07 Å². The first-order chi connectivity index (χ1) is 10.4. The van der Waals surface area contributed by atoms with Crippen molar-refractivity contribution in [2.45, 2.75) is 6.92 Å². The summed E-state index contributed by atoms with van der Waals surface area (Å²) in [5, 5.41) is 3.68. The maximum atomic E-state index is 12.8. The molecule has 0 aliphatic carbocycles. The molecule has 0 aromatic carbocycles. The second-order valence-electron chi connectivity index (χ2n) is 7.51. The highest BCUT2D eigenvalue weighted by Gasteiger charge is 2.31. The fourth-order valence-electron chi connectivity index (χ4n) is 1.44. The molecule has 0 aliphatic rings. The third-order valence-corrected chi connectivity index (χ3v) is 4.24. The zero-order chi connectivity index (χ0) is 17.7. The first-order valence-electron chi connectivity index (χ1n) is 7.52. The van der Waals surface area contributed by atoms with Crippen LogP contribution in [0.3, 0.4) is 0 Å². The van der Waals surface area contributed by atoms with Crippen LogP contribution in [0.1, 0.15) is 5.76 Å². The van der Waals surface area contributed by atoms with Crippen LogP contribution in [0.2, 0.25) is 0 Å². The molecule has 0 unspecified atom stereocenters. The Bertz CT molecular complexity index is 509. The van der Waals surface area contributed by atoms with Crippen LogP contribution < -0.4 is 4.52 Å². The van der Waals surface area contributed by atoms with Crippen molar-refractivity contribution >= 4 is 7.82 Å². The van der Waals surface area contributed by atoms with Crippen LogP contribution in [-0.2, 0) is 13.6 Å². The number of nitrogens with zero attached hydrogens (tertiary/aromatic N) is 3. The quantitative estimate of drug-likeness (QED) is 0.474. The molecule has 8 nitrogen and oxygen atoms in total. The molecule has 0 spiro atoms. The average Bonchev–Trinajstić information content (AvgIpc) is 2.70. The maximum Gasteiger partial charge on any atom is 0.531 e. The van der Waals surface area contributed by atoms with Gasteiger partial charge >= 0.3 is 7.82 Å². The summed E-state index contributed by atoms with van der Waals surface area (Å²) >= 11 is 0. The summed E-state index contributed by atoms with van der Waals surface area (Å²) in [4.78, 5) is 0. The number of aryl methyl sites for hydroxylation is 1. The number of hydrogen-bond donors (Lipinski definition) is 0. The van der Waals surface area contributed by atoms with Crippen LogP contribution in [-0.4, -0.2) is 82.7 Å². The minimum atomic E-state index is -3.74. The maximum absolute atomic E-state index is 12.8. The number of rotatable bonds is 10. The van der Waals surface area contributed by atoms with E-state index in [0.29, 0.717) is 27.8 Å². The summed E-state index contributed by atoms with van der Waals surface area (Å²) in [6.45, 7) is 3.57. The summed E-state index contributed by atoms with van der Waals surface area (Å²) in [6, 6.07) is 1.54. The molecule has 23 heavy (non-hydrogen) atoms. The van der Waals surface area contributed by atoms with Crippen LogP contribution in [0.5, 0.6) is 5.88 Å². The second-order valence-corrected chi connectivity index (χ2v) is 9.10. The Morgan fingerprint density at radius 1 is 1.04 bits per heavy atom. The van der Waals surface area contributed by atoms with Gasteiger partial charge in [0.1, 0.15) is 32.1 Å². The monoisotopic (exact) mass is 351 g/mol. The van der Waals surface area contributed by atoms with Gasteiger partial charge in [0.15, 0.2) is 0 Å². The lowest BCUT2D eigenvalue weighted by molar-refractivity contribution is -0.870. The number of likely N-dealkylation sites (N-methyl/N-ethyl adjacent to an activating group) is 2. The fourth-order valence-corrected chi connectivity index (χ4v) is 2.55. The molecule has 134 valence electrons. The van der Waals surface area contributed by atoms with E-state index in [-0.39, 0.29) is 19.1 Å². The zero-order valence-corrected chi connectivity index (χ0v) is 16.1. The van der Waals surface area contributed by atoms with Crippen molar-refractivity contribution < 1.29 is 31.6 Å². The molecule has 1 rings (SSSR count). The van der Waals surface area contributed by atoms with E-state index in [9.17, 15) is 4.57 Å². The van der Waals surface area contributed by atoms with E-state index in [1.165, 1.54) is 0 Å². The Balaban J connectivity index is 2.67. The summed E-state index contributed by atoms with van der Waals surface area (Å²) in [6.07, 6.45) is 0. The summed E-state index contributed by atoms with van der Waals surface area (Å²) in [5.74, 6) is 0.658. The fraction of sp³-hybridized carbons (Fsp3) is 0.786. The van der Waals surface area contributed by atoms with E-state index in [2.05, 4.69) is 5.16 Å². The van der Waals surface area contributed by atoms with E-state index in [1.807, 2.05) is 42.3 Å². The first kappa shape index (κ1) is 20.1. The number of phosphoric ester groups is 1. The molecule has 9 heteroatoms. The molecule has 0 N–H and O–H groups in total. The van der Waals surface area contributed by atoms with E-state index < -0.39 is 7.82 Å². The van der Waals surface area contributed by atoms with Crippen molar-refractivity contribution in [1.29, 1.82) is 0 Å². The van der Waals surface area contributed by atoms with Gasteiger partial charge in [0.2, 0.25) is 0 Å². The van der Waals surface area contributed by atoms with Crippen LogP contribution >= 0.6 is 7.82 Å². The third-order valence-electron chi connectivity index (χ3n) is 2.83. The van der Waals surface area contributed by atoms with Crippen molar-refractivity contribution in [2.75, 3.05) is 68.6 Å². The van der Waals surface area contributed by atoms with Crippen molar-refractivity contribution in [3.8, 4) is 5.88 Å². The lowest BCUT2D eigenvalue weighted by Crippen LogP contribution is -2.38. The molecule has 0 fully saturated rings. The van der Waals surface area contributed by atoms with Crippen LogP contribution in [0.4, 0.5) is 0 Å². The Labute approximate surface area is 138 Å². The number of quaternary nitrogens is 2. The lowest BCUT2D eigenvalue weighted by Gasteiger charge is -2.26. The largest absolute Gasteiger partial charge is 0.531 e. The highest BCUT2D eigenvalue weighted by atomic mass is 31.2. The highest BCUT2D eigenvalue weighted by Crippen LogP contribution is 2.49. The van der Waals surface area contributed by atoms with Gasteiger partial charge in [-0.05, 0) is 12.1 Å². The van der Waals surface area contributed by atoms with E-state index in [1.54, 1.807) is 13.0 Å². The zero-order valence-electron chi connectivity index (χ0n) is 15.2. The summed E-state index contributed by atoms with van der Waals surface area (Å²) in [7, 11) is 8.39. The number of phosphoric acid groups is 1. The van der Waals surface area contributed by atoms with Gasteiger partial charge in [-0.3, -0.25) is 9.05 Å². The van der Waals surface area contributed by atoms with Crippen LogP contribution in [0.15, 0.2) is 10.6 Å². The molecule has 0 radical (unpaired) electrons. The van der Waals surface area contributed by atoms with E-state index in [4.69, 9.17) is 18.1 Å². The third kappa shape index (κ3) is 9.07. The lowest BCUT2D eigenvalue weighted by atomic mass is 10.5. The van der Waals surface area contributed by atoms with Crippen molar-refractivity contribution in [1.82, 2.24) is 5.16 Å². The van der Waals surface area contributed by atoms with Gasteiger partial charge < -0.3 is 18.0 Å². The minimum Gasteiger partial charge on any atom is -0.382 e. The normalized spacial score (nSPS) is 13.3. The Morgan fingerprint density at radius 2 is 1.52 bits per heavy atom. The molecular formula is C14H30N3O5P+2. The van der Waals surface area contributed by atoms with E-state index >= 15 is 0 Å². The van der Waals surface area contributed by atoms with Gasteiger partial charge in [-0.1, -0.05) is 0 Å². The van der Waals surface area contributed by atoms with Crippen molar-refractivity contribution in [2.24, 2.45) is 0 Å². The topological polar surface area (TPSA) is 70.8 Å². The summed E-state index contributed by atoms with van der Waals surface area (Å²) in [5.41, 5.74) is 0. The molecule has 0 atom stereocenters. The van der Waals surface area contributed by atoms with Gasteiger partial charge in [-0.2, -0.15) is 0 Å². The molecule has 0 bridgehead atoms. The van der Waals surface area contributed by atoms with Crippen LogP contribution in [0.25, 0.3) is 0 Å². The Morgan fingerprint density at radius 3 is 1.87 bits per heavy atom. The molecule has 1 aromatic rings. The Kier molecular flexibility index (Phi) is 6.80. The minimum absolute atomic E-state index is 0.0985. The molecule has 0 amide bonds. The molecule has 1 aromatic heterocycles. The smallest absolute Gasteiger partial charge is 0.382 e. The molecule has 0 aliphatic heterocycles. The summed E-state index contributed by atoms with van der Waals surface area (Å²) < 4.78 is 35.3. The van der Waals surface area contributed by atoms with Crippen molar-refractivity contribution in [3.05, 3.63) is 11.8 Å². The van der Waals surface area contributed by atoms with E-state index in [0.717, 1.165) is 0 Å². The van der Waals surface area contributed by atoms with Crippen LogP contribution in [0, 0.1) is 6.92 Å². The molecule has 1 heterocycles. The highest BCUT2D eigenvalue weighted by molar-refractivity contribution is 7.48.